The summed E-state index contributed by atoms with van der Waals surface area (Å²) in [7, 11) is 0. The number of nitrogens with two attached hydrogens (primary N) is 1. The second-order valence-corrected chi connectivity index (χ2v) is 5.01. The molecule has 2 rings (SSSR count). The SMILES string of the molecule is N/C(Cc1ccccc1)=N\OCC(=O)Nc1cccc(Cl)c1. The van der Waals surface area contributed by atoms with E-state index in [0.29, 0.717) is 23.0 Å². The molecule has 0 radical (unpaired) electrons. The summed E-state index contributed by atoms with van der Waals surface area (Å²) < 4.78 is 0. The highest BCUT2D eigenvalue weighted by Gasteiger charge is 2.03. The molecule has 0 aliphatic carbocycles. The Bertz CT molecular complexity index is 659. The summed E-state index contributed by atoms with van der Waals surface area (Å²) in [5, 5.41) is 6.92. The summed E-state index contributed by atoms with van der Waals surface area (Å²) in [5.74, 6) is -0.0275. The first-order chi connectivity index (χ1) is 10.6. The van der Waals surface area contributed by atoms with Crippen LogP contribution >= 0.6 is 11.6 Å². The van der Waals surface area contributed by atoms with E-state index in [-0.39, 0.29) is 12.5 Å². The van der Waals surface area contributed by atoms with Gasteiger partial charge in [-0.1, -0.05) is 53.2 Å². The van der Waals surface area contributed by atoms with E-state index < -0.39 is 0 Å². The van der Waals surface area contributed by atoms with Crippen molar-refractivity contribution in [2.24, 2.45) is 10.9 Å². The van der Waals surface area contributed by atoms with Crippen LogP contribution in [-0.4, -0.2) is 18.3 Å². The van der Waals surface area contributed by atoms with Crippen LogP contribution in [0.25, 0.3) is 0 Å². The van der Waals surface area contributed by atoms with Crippen LogP contribution in [0.1, 0.15) is 5.56 Å². The number of hydrogen-bond acceptors (Lipinski definition) is 3. The van der Waals surface area contributed by atoms with Gasteiger partial charge >= 0.3 is 0 Å². The zero-order valence-corrected chi connectivity index (χ0v) is 12.6. The highest BCUT2D eigenvalue weighted by Crippen LogP contribution is 2.14. The molecular weight excluding hydrogens is 302 g/mol. The van der Waals surface area contributed by atoms with Gasteiger partial charge in [0.15, 0.2) is 6.61 Å². The third kappa shape index (κ3) is 5.46. The van der Waals surface area contributed by atoms with Gasteiger partial charge in [0.05, 0.1) is 0 Å². The van der Waals surface area contributed by atoms with Gasteiger partial charge in [0.2, 0.25) is 0 Å². The van der Waals surface area contributed by atoms with Crippen molar-refractivity contribution < 1.29 is 9.63 Å². The highest BCUT2D eigenvalue weighted by molar-refractivity contribution is 6.30. The van der Waals surface area contributed by atoms with Crippen LogP contribution < -0.4 is 11.1 Å². The molecule has 0 aliphatic rings. The number of oxime groups is 1. The van der Waals surface area contributed by atoms with Crippen LogP contribution in [0, 0.1) is 0 Å². The molecule has 1 amide bonds. The standard InChI is InChI=1S/C16H16ClN3O2/c17-13-7-4-8-14(10-13)19-16(21)11-22-20-15(18)9-12-5-2-1-3-6-12/h1-8,10H,9,11H2,(H2,18,20)(H,19,21). The first-order valence-corrected chi connectivity index (χ1v) is 7.05. The Morgan fingerprint density at radius 1 is 1.18 bits per heavy atom. The molecular formula is C16H16ClN3O2. The Labute approximate surface area is 133 Å². The van der Waals surface area contributed by atoms with Gasteiger partial charge in [-0.2, -0.15) is 0 Å². The number of rotatable bonds is 6. The molecule has 6 heteroatoms. The fourth-order valence-electron chi connectivity index (χ4n) is 1.77. The zero-order valence-electron chi connectivity index (χ0n) is 11.8. The van der Waals surface area contributed by atoms with Crippen LogP contribution in [0.2, 0.25) is 5.02 Å². The summed E-state index contributed by atoms with van der Waals surface area (Å²) in [4.78, 5) is 16.6. The number of anilines is 1. The second kappa shape index (κ2) is 8.05. The minimum absolute atomic E-state index is 0.220. The lowest BCUT2D eigenvalue weighted by atomic mass is 10.1. The number of nitrogens with one attached hydrogen (secondary N) is 1. The van der Waals surface area contributed by atoms with Gasteiger partial charge in [-0.3, -0.25) is 4.79 Å². The molecule has 22 heavy (non-hydrogen) atoms. The Kier molecular flexibility index (Phi) is 5.80. The molecule has 0 spiro atoms. The van der Waals surface area contributed by atoms with Crippen molar-refractivity contribution in [2.75, 3.05) is 11.9 Å². The minimum Gasteiger partial charge on any atom is -0.384 e. The largest absolute Gasteiger partial charge is 0.384 e. The molecule has 3 N–H and O–H groups in total. The van der Waals surface area contributed by atoms with Crippen molar-refractivity contribution in [1.82, 2.24) is 0 Å². The average molecular weight is 318 g/mol. The molecule has 2 aromatic carbocycles. The van der Waals surface area contributed by atoms with E-state index in [1.54, 1.807) is 24.3 Å². The third-order valence-corrected chi connectivity index (χ3v) is 2.95. The normalized spacial score (nSPS) is 11.0. The Hall–Kier alpha value is -2.53. The predicted octanol–water partition coefficient (Wildman–Crippen LogP) is 2.81. The van der Waals surface area contributed by atoms with Gasteiger partial charge < -0.3 is 15.9 Å². The second-order valence-electron chi connectivity index (χ2n) is 4.58. The molecule has 114 valence electrons. The molecule has 2 aromatic rings. The van der Waals surface area contributed by atoms with Gasteiger partial charge in [0.1, 0.15) is 5.84 Å². The fraction of sp³-hybridized carbons (Fsp3) is 0.125. The van der Waals surface area contributed by atoms with Crippen LogP contribution in [0.15, 0.2) is 59.8 Å². The lowest BCUT2D eigenvalue weighted by molar-refractivity contribution is -0.120. The first-order valence-electron chi connectivity index (χ1n) is 6.67. The van der Waals surface area contributed by atoms with E-state index in [1.807, 2.05) is 30.3 Å². The number of hydrogen-bond donors (Lipinski definition) is 2. The van der Waals surface area contributed by atoms with E-state index in [4.69, 9.17) is 22.2 Å². The monoisotopic (exact) mass is 317 g/mol. The van der Waals surface area contributed by atoms with Crippen molar-refractivity contribution >= 4 is 29.0 Å². The number of amidine groups is 1. The van der Waals surface area contributed by atoms with E-state index in [1.165, 1.54) is 0 Å². The van der Waals surface area contributed by atoms with Crippen molar-refractivity contribution in [3.8, 4) is 0 Å². The van der Waals surface area contributed by atoms with Crippen molar-refractivity contribution in [1.29, 1.82) is 0 Å². The maximum absolute atomic E-state index is 11.7. The number of nitrogens with zero attached hydrogens (tertiary/aromatic N) is 1. The Morgan fingerprint density at radius 2 is 1.95 bits per heavy atom. The van der Waals surface area contributed by atoms with Crippen molar-refractivity contribution in [3.05, 3.63) is 65.2 Å². The average Bonchev–Trinajstić information content (AvgIpc) is 2.48. The smallest absolute Gasteiger partial charge is 0.265 e. The van der Waals surface area contributed by atoms with Crippen LogP contribution in [0.3, 0.4) is 0 Å². The maximum atomic E-state index is 11.7. The molecule has 5 nitrogen and oxygen atoms in total. The summed E-state index contributed by atoms with van der Waals surface area (Å²) >= 11 is 5.83. The fourth-order valence-corrected chi connectivity index (χ4v) is 1.96. The van der Waals surface area contributed by atoms with Crippen LogP contribution in [-0.2, 0) is 16.1 Å². The van der Waals surface area contributed by atoms with E-state index in [9.17, 15) is 4.79 Å². The van der Waals surface area contributed by atoms with Gasteiger partial charge in [0, 0.05) is 17.1 Å². The summed E-state index contributed by atoms with van der Waals surface area (Å²) in [5.41, 5.74) is 7.36. The summed E-state index contributed by atoms with van der Waals surface area (Å²) in [6.07, 6.45) is 0.469. The molecule has 0 bridgehead atoms. The van der Waals surface area contributed by atoms with Gasteiger partial charge in [-0.05, 0) is 23.8 Å². The number of carbonyl (C=O) groups is 1. The van der Waals surface area contributed by atoms with Gasteiger partial charge in [-0.25, -0.2) is 0 Å². The molecule has 0 heterocycles. The number of carbonyl (C=O) groups excluding carboxylic acids is 1. The highest BCUT2D eigenvalue weighted by atomic mass is 35.5. The molecule has 0 aromatic heterocycles. The van der Waals surface area contributed by atoms with Crippen LogP contribution in [0.4, 0.5) is 5.69 Å². The van der Waals surface area contributed by atoms with Crippen molar-refractivity contribution in [3.63, 3.8) is 0 Å². The quantitative estimate of drug-likeness (QED) is 0.488. The molecule has 0 aliphatic heterocycles. The Morgan fingerprint density at radius 3 is 2.68 bits per heavy atom. The molecule has 0 unspecified atom stereocenters. The molecule has 0 fully saturated rings. The zero-order chi connectivity index (χ0) is 15.8. The first kappa shape index (κ1) is 15.9. The van der Waals surface area contributed by atoms with Crippen molar-refractivity contribution in [2.45, 2.75) is 6.42 Å². The molecule has 0 saturated heterocycles. The molecule has 0 atom stereocenters. The van der Waals surface area contributed by atoms with E-state index >= 15 is 0 Å². The minimum atomic E-state index is -0.335. The molecule has 0 saturated carbocycles. The third-order valence-electron chi connectivity index (χ3n) is 2.71. The van der Waals surface area contributed by atoms with Gasteiger partial charge in [0.25, 0.3) is 5.91 Å². The van der Waals surface area contributed by atoms with E-state index in [2.05, 4.69) is 10.5 Å². The predicted molar refractivity (Wildman–Crippen MR) is 87.8 cm³/mol. The topological polar surface area (TPSA) is 76.7 Å². The van der Waals surface area contributed by atoms with E-state index in [0.717, 1.165) is 5.56 Å². The lowest BCUT2D eigenvalue weighted by Crippen LogP contribution is -2.20. The Balaban J connectivity index is 1.77. The number of benzene rings is 2. The number of halogens is 1. The lowest BCUT2D eigenvalue weighted by Gasteiger charge is -2.05. The summed E-state index contributed by atoms with van der Waals surface area (Å²) in [6, 6.07) is 16.5. The summed E-state index contributed by atoms with van der Waals surface area (Å²) in [6.45, 7) is -0.220. The van der Waals surface area contributed by atoms with Gasteiger partial charge in [-0.15, -0.1) is 0 Å². The number of amides is 1. The van der Waals surface area contributed by atoms with Crippen LogP contribution in [0.5, 0.6) is 0 Å². The maximum Gasteiger partial charge on any atom is 0.265 e.